The van der Waals surface area contributed by atoms with Gasteiger partial charge in [0.25, 0.3) is 0 Å². The number of carbonyl (C=O) groups excluding carboxylic acids is 1. The molecule has 0 spiro atoms. The lowest BCUT2D eigenvalue weighted by molar-refractivity contribution is -0.131. The summed E-state index contributed by atoms with van der Waals surface area (Å²) in [6.07, 6.45) is 4.37. The molecule has 1 saturated heterocycles. The molecule has 26 heavy (non-hydrogen) atoms. The van der Waals surface area contributed by atoms with E-state index < -0.39 is 0 Å². The van der Waals surface area contributed by atoms with Gasteiger partial charge in [-0.15, -0.1) is 0 Å². The van der Waals surface area contributed by atoms with Crippen LogP contribution in [0.1, 0.15) is 30.0 Å². The molecule has 1 N–H and O–H groups in total. The van der Waals surface area contributed by atoms with E-state index in [9.17, 15) is 4.79 Å². The molecular weight excluding hydrogens is 326 g/mol. The van der Waals surface area contributed by atoms with Gasteiger partial charge in [0.1, 0.15) is 5.75 Å². The van der Waals surface area contributed by atoms with Crippen LogP contribution in [0.25, 0.3) is 11.0 Å². The minimum Gasteiger partial charge on any atom is -0.497 e. The van der Waals surface area contributed by atoms with Crippen molar-refractivity contribution in [3.8, 4) is 5.75 Å². The number of aromatic nitrogens is 2. The molecule has 0 bridgehead atoms. The molecule has 1 fully saturated rings. The Morgan fingerprint density at radius 2 is 2.15 bits per heavy atom. The SMILES string of the molecule is COc1ccc(CC(=O)N2CCC[C@@H](c3cc4ncccc4[nH]3)C2)cc1. The van der Waals surface area contributed by atoms with Gasteiger partial charge in [0, 0.05) is 30.9 Å². The number of benzene rings is 1. The van der Waals surface area contributed by atoms with Gasteiger partial charge in [0.05, 0.1) is 24.6 Å². The quantitative estimate of drug-likeness (QED) is 0.784. The highest BCUT2D eigenvalue weighted by Crippen LogP contribution is 2.28. The molecule has 1 amide bonds. The third kappa shape index (κ3) is 3.43. The lowest BCUT2D eigenvalue weighted by Gasteiger charge is -2.32. The predicted molar refractivity (Wildman–Crippen MR) is 101 cm³/mol. The summed E-state index contributed by atoms with van der Waals surface area (Å²) in [6, 6.07) is 13.8. The maximum Gasteiger partial charge on any atom is 0.227 e. The normalized spacial score (nSPS) is 17.4. The van der Waals surface area contributed by atoms with Crippen LogP contribution < -0.4 is 4.74 Å². The highest BCUT2D eigenvalue weighted by atomic mass is 16.5. The number of rotatable bonds is 4. The summed E-state index contributed by atoms with van der Waals surface area (Å²) in [4.78, 5) is 22.6. The van der Waals surface area contributed by atoms with Crippen LogP contribution in [0, 0.1) is 0 Å². The number of aromatic amines is 1. The highest BCUT2D eigenvalue weighted by molar-refractivity contribution is 5.79. The van der Waals surface area contributed by atoms with Crippen LogP contribution in [0.15, 0.2) is 48.7 Å². The van der Waals surface area contributed by atoms with Crippen molar-refractivity contribution in [1.82, 2.24) is 14.9 Å². The number of carbonyl (C=O) groups is 1. The lowest BCUT2D eigenvalue weighted by atomic mass is 9.94. The van der Waals surface area contributed by atoms with Gasteiger partial charge in [-0.1, -0.05) is 12.1 Å². The van der Waals surface area contributed by atoms with Crippen LogP contribution in [-0.4, -0.2) is 41.0 Å². The Hall–Kier alpha value is -2.82. The van der Waals surface area contributed by atoms with Gasteiger partial charge in [-0.3, -0.25) is 9.78 Å². The van der Waals surface area contributed by atoms with Gasteiger partial charge in [-0.2, -0.15) is 0 Å². The van der Waals surface area contributed by atoms with Crippen molar-refractivity contribution in [2.24, 2.45) is 0 Å². The van der Waals surface area contributed by atoms with Crippen LogP contribution >= 0.6 is 0 Å². The molecule has 1 aliphatic rings. The summed E-state index contributed by atoms with van der Waals surface area (Å²) in [5, 5.41) is 0. The van der Waals surface area contributed by atoms with E-state index in [1.54, 1.807) is 7.11 Å². The number of nitrogens with one attached hydrogen (secondary N) is 1. The third-order valence-corrected chi connectivity index (χ3v) is 5.14. The summed E-state index contributed by atoms with van der Waals surface area (Å²) in [6.45, 7) is 1.60. The van der Waals surface area contributed by atoms with Crippen LogP contribution in [0.3, 0.4) is 0 Å². The van der Waals surface area contributed by atoms with Crippen LogP contribution in [0.5, 0.6) is 5.75 Å². The molecule has 1 atom stereocenters. The number of fused-ring (bicyclic) bond motifs is 1. The minimum atomic E-state index is 0.189. The van der Waals surface area contributed by atoms with Crippen molar-refractivity contribution in [3.05, 3.63) is 59.9 Å². The summed E-state index contributed by atoms with van der Waals surface area (Å²) in [5.41, 5.74) is 4.25. The Morgan fingerprint density at radius 3 is 2.92 bits per heavy atom. The smallest absolute Gasteiger partial charge is 0.227 e. The minimum absolute atomic E-state index is 0.189. The predicted octanol–water partition coefficient (Wildman–Crippen LogP) is 3.52. The van der Waals surface area contributed by atoms with Crippen LogP contribution in [-0.2, 0) is 11.2 Å². The van der Waals surface area contributed by atoms with Crippen LogP contribution in [0.4, 0.5) is 0 Å². The molecule has 0 aliphatic carbocycles. The molecule has 1 aliphatic heterocycles. The number of amides is 1. The van der Waals surface area contributed by atoms with Crippen molar-refractivity contribution in [2.45, 2.75) is 25.2 Å². The number of likely N-dealkylation sites (tertiary alicyclic amines) is 1. The second-order valence-electron chi connectivity index (χ2n) is 6.86. The topological polar surface area (TPSA) is 58.2 Å². The lowest BCUT2D eigenvalue weighted by Crippen LogP contribution is -2.40. The average Bonchev–Trinajstić information content (AvgIpc) is 3.13. The van der Waals surface area contributed by atoms with E-state index in [0.717, 1.165) is 48.3 Å². The fourth-order valence-electron chi connectivity index (χ4n) is 3.68. The Balaban J connectivity index is 1.44. The van der Waals surface area contributed by atoms with Crippen molar-refractivity contribution >= 4 is 16.9 Å². The zero-order chi connectivity index (χ0) is 17.9. The van der Waals surface area contributed by atoms with E-state index in [0.29, 0.717) is 12.3 Å². The Morgan fingerprint density at radius 1 is 1.31 bits per heavy atom. The van der Waals surface area contributed by atoms with Crippen molar-refractivity contribution < 1.29 is 9.53 Å². The molecule has 4 rings (SSSR count). The molecule has 5 heteroatoms. The number of pyridine rings is 1. The second kappa shape index (κ2) is 7.20. The largest absolute Gasteiger partial charge is 0.497 e. The van der Waals surface area contributed by atoms with E-state index in [-0.39, 0.29) is 5.91 Å². The Kier molecular flexibility index (Phi) is 4.61. The first-order valence-corrected chi connectivity index (χ1v) is 9.07. The van der Waals surface area contributed by atoms with Gasteiger partial charge >= 0.3 is 0 Å². The van der Waals surface area contributed by atoms with Gasteiger partial charge in [-0.25, -0.2) is 0 Å². The molecule has 3 heterocycles. The standard InChI is InChI=1S/C21H23N3O2/c1-26-17-8-6-15(7-9-17)12-21(25)24-11-3-4-16(14-24)19-13-20-18(23-19)5-2-10-22-20/h2,5-10,13,16,23H,3-4,11-12,14H2,1H3/t16-/m1/s1. The van der Waals surface area contributed by atoms with Crippen molar-refractivity contribution in [2.75, 3.05) is 20.2 Å². The molecule has 0 radical (unpaired) electrons. The molecule has 3 aromatic rings. The number of H-pyrrole nitrogens is 1. The number of hydrogen-bond donors (Lipinski definition) is 1. The van der Waals surface area contributed by atoms with Gasteiger partial charge in [0.15, 0.2) is 0 Å². The average molecular weight is 349 g/mol. The molecule has 2 aromatic heterocycles. The fourth-order valence-corrected chi connectivity index (χ4v) is 3.68. The Bertz CT molecular complexity index is 868. The zero-order valence-corrected chi connectivity index (χ0v) is 14.9. The molecular formula is C21H23N3O2. The van der Waals surface area contributed by atoms with Gasteiger partial charge in [-0.05, 0) is 48.7 Å². The number of nitrogens with zero attached hydrogens (tertiary/aromatic N) is 2. The van der Waals surface area contributed by atoms with E-state index in [1.807, 2.05) is 47.5 Å². The molecule has 0 saturated carbocycles. The van der Waals surface area contributed by atoms with Crippen molar-refractivity contribution in [1.29, 1.82) is 0 Å². The number of methoxy groups -OCH3 is 1. The highest BCUT2D eigenvalue weighted by Gasteiger charge is 2.26. The van der Waals surface area contributed by atoms with E-state index in [4.69, 9.17) is 4.74 Å². The van der Waals surface area contributed by atoms with Crippen molar-refractivity contribution in [3.63, 3.8) is 0 Å². The number of piperidine rings is 1. The second-order valence-corrected chi connectivity index (χ2v) is 6.86. The summed E-state index contributed by atoms with van der Waals surface area (Å²) in [5.74, 6) is 1.35. The first-order valence-electron chi connectivity index (χ1n) is 9.07. The molecule has 134 valence electrons. The summed E-state index contributed by atoms with van der Waals surface area (Å²) >= 11 is 0. The van der Waals surface area contributed by atoms with Gasteiger partial charge in [0.2, 0.25) is 5.91 Å². The Labute approximate surface area is 153 Å². The third-order valence-electron chi connectivity index (χ3n) is 5.14. The van der Waals surface area contributed by atoms with E-state index in [1.165, 1.54) is 5.69 Å². The van der Waals surface area contributed by atoms with Gasteiger partial charge < -0.3 is 14.6 Å². The summed E-state index contributed by atoms with van der Waals surface area (Å²) < 4.78 is 5.17. The molecule has 1 aromatic carbocycles. The fraction of sp³-hybridized carbons (Fsp3) is 0.333. The van der Waals surface area contributed by atoms with E-state index in [2.05, 4.69) is 16.0 Å². The first kappa shape index (κ1) is 16.6. The first-order chi connectivity index (χ1) is 12.7. The molecule has 0 unspecified atom stereocenters. The molecule has 5 nitrogen and oxygen atoms in total. The zero-order valence-electron chi connectivity index (χ0n) is 14.9. The maximum atomic E-state index is 12.7. The van der Waals surface area contributed by atoms with E-state index >= 15 is 0 Å². The number of hydrogen-bond acceptors (Lipinski definition) is 3. The van der Waals surface area contributed by atoms with Crippen LogP contribution in [0.2, 0.25) is 0 Å². The maximum absolute atomic E-state index is 12.7. The monoisotopic (exact) mass is 349 g/mol. The summed E-state index contributed by atoms with van der Waals surface area (Å²) in [7, 11) is 1.65. The number of ether oxygens (including phenoxy) is 1.